The molecule has 0 radical (unpaired) electrons. The van der Waals surface area contributed by atoms with Crippen LogP contribution in [-0.4, -0.2) is 99.5 Å². The number of aromatic carboxylic acids is 3. The summed E-state index contributed by atoms with van der Waals surface area (Å²) in [6.07, 6.45) is 2.84. The molecule has 0 atom stereocenters. The number of hydrazone groups is 1. The Morgan fingerprint density at radius 1 is 0.476 bits per heavy atom. The summed E-state index contributed by atoms with van der Waals surface area (Å²) < 4.78 is 61.1. The summed E-state index contributed by atoms with van der Waals surface area (Å²) in [6.45, 7) is 7.09. The smallest absolute Gasteiger partial charge is 0.335 e. The highest BCUT2D eigenvalue weighted by molar-refractivity contribution is 6.12. The minimum Gasteiger partial charge on any atom is -0.505 e. The van der Waals surface area contributed by atoms with E-state index in [1.54, 1.807) is 56.3 Å². The number of halogens is 4. The molecule has 1 amide bonds. The average molecular weight is 1450 g/mol. The quantitative estimate of drug-likeness (QED) is 0.0294. The minimum absolute atomic E-state index is 0. The summed E-state index contributed by atoms with van der Waals surface area (Å²) in [5.74, 6) is -3.95. The Morgan fingerprint density at radius 3 is 1.21 bits per heavy atom. The SMILES string of the molecule is CC1=NN(c2ccc3c(c2)CCO3)C(=O)C1.Cc1[nH]n(-c2ccc3c(c2)CCO3)c(=O)c1N=Nc1cc(F)cc(-c2cccc(C(=O)O)c2)c1O.Cc1[nH]n(-c2ccc3c(c2)CCO3)c(=O)c1N=Nc1cc(F)cc(-c2cccc(C(=O)O)c2)c1O.Cl.Nc1cc(F)cc(-c2cccc(C(=O)O)c2)c1O. The molecule has 0 unspecified atom stereocenters. The van der Waals surface area contributed by atoms with E-state index in [0.717, 1.165) is 108 Å². The lowest BCUT2D eigenvalue weighted by Gasteiger charge is -2.12. The number of nitrogens with two attached hydrogens (primary N) is 1. The largest absolute Gasteiger partial charge is 0.505 e. The second kappa shape index (κ2) is 30.7. The number of carboxylic acid groups (broad SMARTS) is 3. The lowest BCUT2D eigenvalue weighted by atomic mass is 10.0. The van der Waals surface area contributed by atoms with E-state index in [2.05, 4.69) is 35.8 Å². The number of carbonyl (C=O) groups is 4. The fourth-order valence-corrected chi connectivity index (χ4v) is 11.6. The highest BCUT2D eigenvalue weighted by Crippen LogP contribution is 2.42. The second-order valence-corrected chi connectivity index (χ2v) is 23.9. The van der Waals surface area contributed by atoms with E-state index < -0.39 is 58.0 Å². The number of azo groups is 2. The number of nitrogens with zero attached hydrogens (tertiary/aromatic N) is 8. The van der Waals surface area contributed by atoms with Crippen molar-refractivity contribution in [1.82, 2.24) is 19.6 Å². The molecular weight excluding hydrogens is 1390 g/mol. The predicted octanol–water partition coefficient (Wildman–Crippen LogP) is 14.7. The van der Waals surface area contributed by atoms with E-state index in [1.165, 1.54) is 69.0 Å². The standard InChI is InChI=1S/2C25H19FN4O5.C13H10FNO3.C12H12N2O2.ClH/c2*1-13-22(24(32)30(29-13)18-5-6-21-15(10-18)7-8-35-21)28-27-20-12-17(26)11-19(23(20)31)14-3-2-4-16(9-14)25(33)34;14-9-5-10(12(16)11(15)6-9)7-2-1-3-8(4-7)13(17)18;1-8-6-12(15)14(13-8)10-2-3-11-9(7-10)4-5-16-11;/h2*2-6,9-12,29,31H,7-8H2,1H3,(H,33,34);1-6,16H,15H2,(H,17,18);2-3,7H,4-6H2,1H3;1H. The first kappa shape index (κ1) is 72.7. The normalized spacial score (nSPS) is 13.0. The fraction of sp³-hybridized carbons (Fsp3) is 0.133. The van der Waals surface area contributed by atoms with Crippen LogP contribution in [0.1, 0.15) is 72.5 Å². The van der Waals surface area contributed by atoms with E-state index in [9.17, 15) is 67.5 Å². The average Bonchev–Trinajstić information content (AvgIpc) is 1.74. The van der Waals surface area contributed by atoms with E-state index in [-0.39, 0.29) is 85.9 Å². The third-order valence-electron chi connectivity index (χ3n) is 16.8. The zero-order valence-electron chi connectivity index (χ0n) is 55.6. The minimum atomic E-state index is -1.15. The first-order valence-corrected chi connectivity index (χ1v) is 31.8. The second-order valence-electron chi connectivity index (χ2n) is 23.9. The van der Waals surface area contributed by atoms with Crippen LogP contribution in [0.5, 0.6) is 34.5 Å². The number of aromatic amines is 2. The van der Waals surface area contributed by atoms with Gasteiger partial charge in [0.15, 0.2) is 22.9 Å². The number of nitrogen functional groups attached to an aromatic ring is 1. The Hall–Kier alpha value is -13.6. The maximum absolute atomic E-state index is 14.4. The number of rotatable bonds is 13. The molecule has 0 saturated carbocycles. The van der Waals surface area contributed by atoms with Gasteiger partial charge in [0.2, 0.25) is 0 Å². The molecule has 2 aromatic heterocycles. The molecule has 11 aromatic rings. The van der Waals surface area contributed by atoms with Crippen molar-refractivity contribution >= 4 is 76.1 Å². The third-order valence-corrected chi connectivity index (χ3v) is 16.8. The number of aryl methyl sites for hydroxylation is 2. The number of carboxylic acids is 3. The molecule has 10 N–H and O–H groups in total. The first-order chi connectivity index (χ1) is 49.8. The molecule has 105 heavy (non-hydrogen) atoms. The van der Waals surface area contributed by atoms with E-state index in [0.29, 0.717) is 59.1 Å². The van der Waals surface area contributed by atoms with Crippen molar-refractivity contribution in [2.75, 3.05) is 30.6 Å². The number of anilines is 2. The fourth-order valence-electron chi connectivity index (χ4n) is 11.6. The summed E-state index contributed by atoms with van der Waals surface area (Å²) in [4.78, 5) is 71.1. The molecule has 4 aliphatic rings. The molecule has 4 aliphatic heterocycles. The third kappa shape index (κ3) is 15.8. The van der Waals surface area contributed by atoms with E-state index in [4.69, 9.17) is 25.1 Å². The number of aromatic hydroxyl groups is 3. The number of hydrogen-bond acceptors (Lipinski definition) is 18. The molecule has 30 heteroatoms. The molecule has 0 fully saturated rings. The van der Waals surface area contributed by atoms with E-state index in [1.807, 2.05) is 37.3 Å². The van der Waals surface area contributed by atoms with Gasteiger partial charge in [0.25, 0.3) is 17.0 Å². The van der Waals surface area contributed by atoms with Gasteiger partial charge in [-0.15, -0.1) is 32.9 Å². The molecular formula is C75H61ClF3N11O15. The van der Waals surface area contributed by atoms with Crippen LogP contribution >= 0.6 is 12.4 Å². The van der Waals surface area contributed by atoms with Gasteiger partial charge in [-0.25, -0.2) is 41.9 Å². The molecule has 15 rings (SSSR count). The number of aromatic nitrogens is 4. The number of phenols is 3. The zero-order chi connectivity index (χ0) is 73.8. The zero-order valence-corrected chi connectivity index (χ0v) is 56.4. The van der Waals surface area contributed by atoms with Crippen LogP contribution in [0.3, 0.4) is 0 Å². The Bertz CT molecular complexity index is 5300. The van der Waals surface area contributed by atoms with Crippen molar-refractivity contribution in [3.63, 3.8) is 0 Å². The number of carbonyl (C=O) groups excluding carboxylic acids is 1. The van der Waals surface area contributed by atoms with Crippen molar-refractivity contribution in [2.24, 2.45) is 25.6 Å². The lowest BCUT2D eigenvalue weighted by molar-refractivity contribution is -0.116. The topological polar surface area (TPSA) is 384 Å². The van der Waals surface area contributed by atoms with Crippen molar-refractivity contribution in [2.45, 2.75) is 46.5 Å². The van der Waals surface area contributed by atoms with Gasteiger partial charge in [0.1, 0.15) is 51.8 Å². The molecule has 0 aliphatic carbocycles. The molecule has 0 bridgehead atoms. The number of phenolic OH excluding ortho intramolecular Hbond substituents is 3. The van der Waals surface area contributed by atoms with Crippen LogP contribution in [0.25, 0.3) is 44.8 Å². The van der Waals surface area contributed by atoms with Gasteiger partial charge in [-0.05, 0) is 163 Å². The number of H-pyrrole nitrogens is 2. The van der Waals surface area contributed by atoms with E-state index >= 15 is 0 Å². The highest BCUT2D eigenvalue weighted by Gasteiger charge is 2.26. The number of ether oxygens (including phenoxy) is 3. The molecule has 26 nitrogen and oxygen atoms in total. The van der Waals surface area contributed by atoms with Crippen LogP contribution in [0.15, 0.2) is 199 Å². The summed E-state index contributed by atoms with van der Waals surface area (Å²) >= 11 is 0. The summed E-state index contributed by atoms with van der Waals surface area (Å²) in [7, 11) is 0. The van der Waals surface area contributed by atoms with Crippen LogP contribution < -0.4 is 36.1 Å². The van der Waals surface area contributed by atoms with Crippen molar-refractivity contribution in [3.05, 3.63) is 247 Å². The summed E-state index contributed by atoms with van der Waals surface area (Å²) in [5, 5.41) is 86.0. The van der Waals surface area contributed by atoms with Gasteiger partial charge in [0, 0.05) is 59.9 Å². The van der Waals surface area contributed by atoms with Crippen LogP contribution in [0, 0.1) is 31.3 Å². The maximum atomic E-state index is 14.4. The van der Waals surface area contributed by atoms with Crippen LogP contribution in [0.2, 0.25) is 0 Å². The van der Waals surface area contributed by atoms with Crippen molar-refractivity contribution in [1.29, 1.82) is 0 Å². The number of amides is 1. The summed E-state index contributed by atoms with van der Waals surface area (Å²) in [5.41, 5.74) is 12.2. The van der Waals surface area contributed by atoms with Gasteiger partial charge in [-0.2, -0.15) is 5.10 Å². The van der Waals surface area contributed by atoms with Gasteiger partial charge >= 0.3 is 17.9 Å². The molecule has 534 valence electrons. The molecule has 6 heterocycles. The Morgan fingerprint density at radius 2 is 0.838 bits per heavy atom. The van der Waals surface area contributed by atoms with Crippen molar-refractivity contribution < 1.29 is 77.2 Å². The Kier molecular flexibility index (Phi) is 21.3. The maximum Gasteiger partial charge on any atom is 0.335 e. The summed E-state index contributed by atoms with van der Waals surface area (Å²) in [6, 6.07) is 40.1. The number of benzene rings is 9. The Labute approximate surface area is 598 Å². The van der Waals surface area contributed by atoms with Gasteiger partial charge < -0.3 is 50.6 Å². The van der Waals surface area contributed by atoms with Crippen molar-refractivity contribution in [3.8, 4) is 79.3 Å². The first-order valence-electron chi connectivity index (χ1n) is 31.8. The predicted molar refractivity (Wildman–Crippen MR) is 383 cm³/mol. The number of fused-ring (bicyclic) bond motifs is 3. The van der Waals surface area contributed by atoms with Crippen LogP contribution in [-0.2, 0) is 24.1 Å². The number of nitrogens with one attached hydrogen (secondary N) is 2. The molecule has 0 saturated heterocycles. The molecule has 9 aromatic carbocycles. The monoisotopic (exact) mass is 1450 g/mol. The highest BCUT2D eigenvalue weighted by atomic mass is 35.5. The lowest BCUT2D eigenvalue weighted by Crippen LogP contribution is -2.19. The van der Waals surface area contributed by atoms with Crippen LogP contribution in [0.4, 0.5) is 47.3 Å². The molecule has 0 spiro atoms. The Balaban J connectivity index is 0.000000147. The number of hydrogen-bond donors (Lipinski definition) is 9. The van der Waals surface area contributed by atoms with Gasteiger partial charge in [0.05, 0.1) is 77.1 Å². The van der Waals surface area contributed by atoms with Gasteiger partial charge in [-0.1, -0.05) is 36.4 Å². The van der Waals surface area contributed by atoms with Gasteiger partial charge in [-0.3, -0.25) is 24.6 Å².